The summed E-state index contributed by atoms with van der Waals surface area (Å²) in [7, 11) is 0. The van der Waals surface area contributed by atoms with Gasteiger partial charge in [-0.15, -0.1) is 0 Å². The predicted molar refractivity (Wildman–Crippen MR) is 67.2 cm³/mol. The van der Waals surface area contributed by atoms with Gasteiger partial charge in [0.15, 0.2) is 0 Å². The van der Waals surface area contributed by atoms with E-state index in [4.69, 9.17) is 10.5 Å². The Balaban J connectivity index is 1.82. The van der Waals surface area contributed by atoms with Gasteiger partial charge in [0.2, 0.25) is 0 Å². The number of fused-ring (bicyclic) bond motifs is 2. The highest BCUT2D eigenvalue weighted by Gasteiger charge is 2.49. The molecule has 1 aromatic carbocycles. The first-order chi connectivity index (χ1) is 8.05. The Labute approximate surface area is 108 Å². The summed E-state index contributed by atoms with van der Waals surface area (Å²) in [6.45, 7) is 0. The number of benzene rings is 1. The molecular formula is C13H15BrFNO. The molecule has 0 spiro atoms. The average Bonchev–Trinajstić information content (AvgIpc) is 2.74. The van der Waals surface area contributed by atoms with E-state index in [-0.39, 0.29) is 17.5 Å². The first kappa shape index (κ1) is 11.6. The second-order valence-corrected chi connectivity index (χ2v) is 6.13. The monoisotopic (exact) mass is 299 g/mol. The molecular weight excluding hydrogens is 285 g/mol. The smallest absolute Gasteiger partial charge is 0.124 e. The molecule has 2 nitrogen and oxygen atoms in total. The van der Waals surface area contributed by atoms with Crippen molar-refractivity contribution in [2.75, 3.05) is 0 Å². The van der Waals surface area contributed by atoms with Gasteiger partial charge in [0.05, 0.1) is 12.2 Å². The van der Waals surface area contributed by atoms with Crippen LogP contribution in [0.25, 0.3) is 0 Å². The van der Waals surface area contributed by atoms with Crippen molar-refractivity contribution in [1.82, 2.24) is 0 Å². The minimum absolute atomic E-state index is 0.148. The molecule has 2 N–H and O–H groups in total. The summed E-state index contributed by atoms with van der Waals surface area (Å²) in [5.74, 6) is -0.220. The molecule has 0 aromatic heterocycles. The van der Waals surface area contributed by atoms with Gasteiger partial charge in [0.1, 0.15) is 5.82 Å². The molecule has 3 unspecified atom stereocenters. The molecule has 2 saturated heterocycles. The van der Waals surface area contributed by atoms with Crippen LogP contribution in [-0.2, 0) is 11.2 Å². The Bertz CT molecular complexity index is 433. The number of nitrogens with two attached hydrogens (primary N) is 1. The second kappa shape index (κ2) is 4.04. The van der Waals surface area contributed by atoms with Crippen molar-refractivity contribution in [2.24, 2.45) is 5.73 Å². The van der Waals surface area contributed by atoms with Gasteiger partial charge in [0.25, 0.3) is 0 Å². The lowest BCUT2D eigenvalue weighted by Gasteiger charge is -2.31. The van der Waals surface area contributed by atoms with E-state index in [1.54, 1.807) is 6.07 Å². The molecule has 0 aliphatic carbocycles. The topological polar surface area (TPSA) is 35.2 Å². The van der Waals surface area contributed by atoms with Crippen LogP contribution in [0.15, 0.2) is 22.7 Å². The maximum Gasteiger partial charge on any atom is 0.124 e. The molecule has 2 aliphatic rings. The molecule has 4 heteroatoms. The van der Waals surface area contributed by atoms with E-state index in [0.717, 1.165) is 29.3 Å². The van der Waals surface area contributed by atoms with Crippen LogP contribution in [0.1, 0.15) is 24.8 Å². The SMILES string of the molecule is NC1(Cc2cc(F)cc(Br)c2)CC2CCC1O2. The first-order valence-electron chi connectivity index (χ1n) is 5.94. The van der Waals surface area contributed by atoms with Crippen molar-refractivity contribution in [3.05, 3.63) is 34.1 Å². The van der Waals surface area contributed by atoms with Gasteiger partial charge in [0, 0.05) is 10.0 Å². The van der Waals surface area contributed by atoms with Gasteiger partial charge in [-0.3, -0.25) is 0 Å². The van der Waals surface area contributed by atoms with Crippen molar-refractivity contribution in [2.45, 2.75) is 43.4 Å². The van der Waals surface area contributed by atoms with Gasteiger partial charge in [-0.1, -0.05) is 15.9 Å². The highest BCUT2D eigenvalue weighted by Crippen LogP contribution is 2.42. The molecule has 0 saturated carbocycles. The van der Waals surface area contributed by atoms with Crippen molar-refractivity contribution in [3.63, 3.8) is 0 Å². The molecule has 3 atom stereocenters. The van der Waals surface area contributed by atoms with E-state index in [9.17, 15) is 4.39 Å². The van der Waals surface area contributed by atoms with Gasteiger partial charge < -0.3 is 10.5 Å². The van der Waals surface area contributed by atoms with Crippen molar-refractivity contribution in [3.8, 4) is 0 Å². The zero-order valence-electron chi connectivity index (χ0n) is 9.46. The Hall–Kier alpha value is -0.450. The average molecular weight is 300 g/mol. The summed E-state index contributed by atoms with van der Waals surface area (Å²) < 4.78 is 19.9. The van der Waals surface area contributed by atoms with Crippen LogP contribution >= 0.6 is 15.9 Å². The molecule has 3 rings (SSSR count). The van der Waals surface area contributed by atoms with Crippen molar-refractivity contribution in [1.29, 1.82) is 0 Å². The number of ether oxygens (including phenoxy) is 1. The van der Waals surface area contributed by atoms with Crippen LogP contribution in [0.2, 0.25) is 0 Å². The van der Waals surface area contributed by atoms with E-state index in [0.29, 0.717) is 12.5 Å². The van der Waals surface area contributed by atoms with Crippen LogP contribution in [0.4, 0.5) is 4.39 Å². The van der Waals surface area contributed by atoms with Gasteiger partial charge >= 0.3 is 0 Å². The maximum absolute atomic E-state index is 13.3. The maximum atomic E-state index is 13.3. The Morgan fingerprint density at radius 1 is 1.41 bits per heavy atom. The fourth-order valence-corrected chi connectivity index (χ4v) is 3.63. The highest BCUT2D eigenvalue weighted by molar-refractivity contribution is 9.10. The summed E-state index contributed by atoms with van der Waals surface area (Å²) in [6.07, 6.45) is 4.21. The normalized spacial score (nSPS) is 35.5. The van der Waals surface area contributed by atoms with E-state index >= 15 is 0 Å². The van der Waals surface area contributed by atoms with Crippen molar-refractivity contribution >= 4 is 15.9 Å². The summed E-state index contributed by atoms with van der Waals surface area (Å²) in [4.78, 5) is 0. The third-order valence-electron chi connectivity index (χ3n) is 3.81. The lowest BCUT2D eigenvalue weighted by Crippen LogP contribution is -2.50. The van der Waals surface area contributed by atoms with Crippen LogP contribution in [-0.4, -0.2) is 17.7 Å². The van der Waals surface area contributed by atoms with E-state index in [2.05, 4.69) is 15.9 Å². The molecule has 0 radical (unpaired) electrons. The third kappa shape index (κ3) is 2.14. The van der Waals surface area contributed by atoms with Crippen LogP contribution < -0.4 is 5.73 Å². The van der Waals surface area contributed by atoms with Crippen LogP contribution in [0.3, 0.4) is 0 Å². The lowest BCUT2D eigenvalue weighted by atomic mass is 9.78. The van der Waals surface area contributed by atoms with E-state index in [1.807, 2.05) is 6.07 Å². The molecule has 92 valence electrons. The molecule has 2 heterocycles. The molecule has 2 fully saturated rings. The molecule has 0 amide bonds. The Morgan fingerprint density at radius 2 is 2.24 bits per heavy atom. The largest absolute Gasteiger partial charge is 0.373 e. The zero-order chi connectivity index (χ0) is 12.0. The third-order valence-corrected chi connectivity index (χ3v) is 4.27. The fourth-order valence-electron chi connectivity index (χ4n) is 3.11. The lowest BCUT2D eigenvalue weighted by molar-refractivity contribution is 0.0856. The fraction of sp³-hybridized carbons (Fsp3) is 0.538. The van der Waals surface area contributed by atoms with Gasteiger partial charge in [-0.2, -0.15) is 0 Å². The Morgan fingerprint density at radius 3 is 2.82 bits per heavy atom. The number of rotatable bonds is 2. The van der Waals surface area contributed by atoms with E-state index in [1.165, 1.54) is 6.07 Å². The molecule has 1 aromatic rings. The second-order valence-electron chi connectivity index (χ2n) is 5.22. The standard InChI is InChI=1S/C13H15BrFNO/c14-9-3-8(4-10(15)5-9)6-13(16)7-11-1-2-12(13)17-11/h3-5,11-12H,1-2,6-7,16H2. The minimum atomic E-state index is -0.309. The molecule has 2 bridgehead atoms. The minimum Gasteiger partial charge on any atom is -0.373 e. The molecule has 2 aliphatic heterocycles. The quantitative estimate of drug-likeness (QED) is 0.911. The summed E-state index contributed by atoms with van der Waals surface area (Å²) in [5, 5.41) is 0. The van der Waals surface area contributed by atoms with Crippen molar-refractivity contribution < 1.29 is 9.13 Å². The Kier molecular flexibility index (Phi) is 2.76. The molecule has 17 heavy (non-hydrogen) atoms. The summed E-state index contributed by atoms with van der Waals surface area (Å²) in [5.41, 5.74) is 7.04. The summed E-state index contributed by atoms with van der Waals surface area (Å²) >= 11 is 3.31. The summed E-state index contributed by atoms with van der Waals surface area (Å²) in [6, 6.07) is 4.96. The van der Waals surface area contributed by atoms with Gasteiger partial charge in [-0.05, 0) is 49.4 Å². The van der Waals surface area contributed by atoms with E-state index < -0.39 is 0 Å². The van der Waals surface area contributed by atoms with Crippen LogP contribution in [0, 0.1) is 5.82 Å². The first-order valence-corrected chi connectivity index (χ1v) is 6.74. The zero-order valence-corrected chi connectivity index (χ0v) is 11.0. The predicted octanol–water partition coefficient (Wildman–Crippen LogP) is 2.78. The number of hydrogen-bond acceptors (Lipinski definition) is 2. The number of halogens is 2. The number of hydrogen-bond donors (Lipinski definition) is 1. The highest BCUT2D eigenvalue weighted by atomic mass is 79.9. The van der Waals surface area contributed by atoms with Crippen LogP contribution in [0.5, 0.6) is 0 Å². The van der Waals surface area contributed by atoms with Gasteiger partial charge in [-0.25, -0.2) is 4.39 Å².